The Bertz CT molecular complexity index is 2300. The van der Waals surface area contributed by atoms with E-state index in [-0.39, 0.29) is 52.7 Å². The lowest BCUT2D eigenvalue weighted by atomic mass is 9.82. The van der Waals surface area contributed by atoms with Gasteiger partial charge in [-0.1, -0.05) is 29.1 Å². The Morgan fingerprint density at radius 3 is 1.87 bits per heavy atom. The van der Waals surface area contributed by atoms with E-state index in [0.717, 1.165) is 5.56 Å². The van der Waals surface area contributed by atoms with Gasteiger partial charge in [0.2, 0.25) is 11.8 Å². The highest BCUT2D eigenvalue weighted by Crippen LogP contribution is 2.37. The van der Waals surface area contributed by atoms with Gasteiger partial charge < -0.3 is 39.0 Å². The lowest BCUT2D eigenvalue weighted by Gasteiger charge is -2.41. The highest BCUT2D eigenvalue weighted by Gasteiger charge is 2.52. The zero-order valence-corrected chi connectivity index (χ0v) is 39.1. The second kappa shape index (κ2) is 19.6. The lowest BCUT2D eigenvalue weighted by molar-refractivity contribution is -0.139. The average Bonchev–Trinajstić information content (AvgIpc) is 3.44. The van der Waals surface area contributed by atoms with Crippen molar-refractivity contribution < 1.29 is 38.0 Å². The number of aromatic nitrogens is 4. The molecule has 0 radical (unpaired) electrons. The fourth-order valence-corrected chi connectivity index (χ4v) is 7.60. The highest BCUT2D eigenvalue weighted by molar-refractivity contribution is 6.61. The van der Waals surface area contributed by atoms with Crippen LogP contribution in [0.3, 0.4) is 0 Å². The van der Waals surface area contributed by atoms with Crippen molar-refractivity contribution >= 4 is 65.6 Å². The fraction of sp³-hybridized carbons (Fsp3) is 0.512. The van der Waals surface area contributed by atoms with Crippen LogP contribution in [0, 0.1) is 11.8 Å². The van der Waals surface area contributed by atoms with Crippen molar-refractivity contribution in [1.82, 2.24) is 44.9 Å². The third kappa shape index (κ3) is 11.8. The number of halogens is 2. The number of pyridine rings is 2. The van der Waals surface area contributed by atoms with Gasteiger partial charge in [0, 0.05) is 60.2 Å². The molecular weight excluding hydrogens is 852 g/mol. The summed E-state index contributed by atoms with van der Waals surface area (Å²) in [6.45, 7) is 20.1. The van der Waals surface area contributed by atoms with Gasteiger partial charge in [0.1, 0.15) is 27.9 Å². The summed E-state index contributed by atoms with van der Waals surface area (Å²) in [5.74, 6) is 4.32. The first-order chi connectivity index (χ1) is 29.4. The Labute approximate surface area is 378 Å². The fourth-order valence-electron chi connectivity index (χ4n) is 7.16. The van der Waals surface area contributed by atoms with Crippen LogP contribution in [-0.2, 0) is 28.4 Å². The monoisotopic (exact) mass is 905 g/mol. The number of carbonyl (C=O) groups is 5. The van der Waals surface area contributed by atoms with Gasteiger partial charge in [-0.15, -0.1) is 0 Å². The van der Waals surface area contributed by atoms with Crippen LogP contribution in [-0.4, -0.2) is 139 Å². The van der Waals surface area contributed by atoms with Crippen molar-refractivity contribution in [2.24, 2.45) is 0 Å². The van der Waals surface area contributed by atoms with Crippen molar-refractivity contribution in [2.45, 2.75) is 98.1 Å². The van der Waals surface area contributed by atoms with E-state index >= 15 is 0 Å². The minimum Gasteiger partial charge on any atom is -0.444 e. The van der Waals surface area contributed by atoms with Crippen molar-refractivity contribution in [1.29, 1.82) is 0 Å². The molecule has 6 heterocycles. The molecular formula is C43H54BCl2N9O8. The number of nitrogens with zero attached hydrogens (tertiary/aromatic N) is 8. The van der Waals surface area contributed by atoms with E-state index in [0.29, 0.717) is 48.7 Å². The standard InChI is InChI=1S/C22H33BClN3O5.C21H21ClN6O3/c1-14(28)27-10-9-26(19(29)30-20(2,3)4)13-16(27)15-11-17(25-18(24)12-15)23-31-21(5,6)22(7,8)32-23;1-4-5-20(30)27-6-7-28(13(2)29)18(11-27)14-8-16(26-19(22)9-14)15-10-17(21(31)23-3)25-12-24-15/h11-12,16H,9-10,13H2,1-8H3;8-10,12,18H,6-7,11H2,1-3H3,(H,23,31)/t16-;18-/m00/s1. The van der Waals surface area contributed by atoms with Crippen LogP contribution < -0.4 is 10.9 Å². The third-order valence-electron chi connectivity index (χ3n) is 11.0. The molecule has 20 heteroatoms. The normalized spacial score (nSPS) is 19.3. The molecule has 336 valence electrons. The first-order valence-corrected chi connectivity index (χ1v) is 21.2. The van der Waals surface area contributed by atoms with Crippen LogP contribution in [0.5, 0.6) is 0 Å². The van der Waals surface area contributed by atoms with E-state index < -0.39 is 42.1 Å². The van der Waals surface area contributed by atoms with Gasteiger partial charge in [-0.05, 0) is 103 Å². The zero-order chi connectivity index (χ0) is 46.6. The van der Waals surface area contributed by atoms with Crippen LogP contribution in [0.4, 0.5) is 4.79 Å². The second-order valence-corrected chi connectivity index (χ2v) is 18.0. The average molecular weight is 907 g/mol. The summed E-state index contributed by atoms with van der Waals surface area (Å²) in [6, 6.07) is 7.66. The van der Waals surface area contributed by atoms with Gasteiger partial charge >= 0.3 is 13.2 Å². The smallest absolute Gasteiger partial charge is 0.444 e. The summed E-state index contributed by atoms with van der Waals surface area (Å²) < 4.78 is 17.8. The summed E-state index contributed by atoms with van der Waals surface area (Å²) in [7, 11) is 0.823. The molecule has 63 heavy (non-hydrogen) atoms. The maximum absolute atomic E-state index is 12.7. The minimum atomic E-state index is -0.686. The number of hydrogen-bond donors (Lipinski definition) is 1. The van der Waals surface area contributed by atoms with Gasteiger partial charge in [-0.3, -0.25) is 19.2 Å². The highest BCUT2D eigenvalue weighted by atomic mass is 35.5. The van der Waals surface area contributed by atoms with Gasteiger partial charge in [0.05, 0.1) is 40.3 Å². The van der Waals surface area contributed by atoms with Crippen LogP contribution >= 0.6 is 23.2 Å². The Hall–Kier alpha value is -5.35. The molecule has 0 aromatic carbocycles. The van der Waals surface area contributed by atoms with E-state index in [1.165, 1.54) is 33.3 Å². The van der Waals surface area contributed by atoms with Crippen LogP contribution in [0.25, 0.3) is 11.4 Å². The van der Waals surface area contributed by atoms with E-state index in [1.807, 2.05) is 54.5 Å². The molecule has 0 bridgehead atoms. The Kier molecular flexibility index (Phi) is 15.1. The Morgan fingerprint density at radius 2 is 1.33 bits per heavy atom. The summed E-state index contributed by atoms with van der Waals surface area (Å²) >= 11 is 12.7. The van der Waals surface area contributed by atoms with Crippen molar-refractivity contribution in [3.05, 3.63) is 63.8 Å². The second-order valence-electron chi connectivity index (χ2n) is 17.2. The lowest BCUT2D eigenvalue weighted by Crippen LogP contribution is -2.53. The predicted octanol–water partition coefficient (Wildman–Crippen LogP) is 4.48. The molecule has 17 nitrogen and oxygen atoms in total. The van der Waals surface area contributed by atoms with Crippen LogP contribution in [0.15, 0.2) is 36.7 Å². The number of nitrogens with one attached hydrogen (secondary N) is 1. The summed E-state index contributed by atoms with van der Waals surface area (Å²) in [6.07, 6.45) is 0.867. The molecule has 6 rings (SSSR count). The van der Waals surface area contributed by atoms with Crippen LogP contribution in [0.2, 0.25) is 10.3 Å². The zero-order valence-electron chi connectivity index (χ0n) is 37.5. The molecule has 3 aliphatic heterocycles. The molecule has 3 aromatic heterocycles. The number of piperazine rings is 2. The summed E-state index contributed by atoms with van der Waals surface area (Å²) in [4.78, 5) is 85.1. The number of rotatable bonds is 5. The third-order valence-corrected chi connectivity index (χ3v) is 11.4. The topological polar surface area (TPSA) is 190 Å². The number of amides is 5. The first-order valence-electron chi connectivity index (χ1n) is 20.4. The predicted molar refractivity (Wildman–Crippen MR) is 237 cm³/mol. The molecule has 0 spiro atoms. The van der Waals surface area contributed by atoms with E-state index in [1.54, 1.807) is 44.7 Å². The molecule has 3 aromatic rings. The maximum Gasteiger partial charge on any atom is 0.514 e. The van der Waals surface area contributed by atoms with Gasteiger partial charge in [0.15, 0.2) is 0 Å². The van der Waals surface area contributed by atoms with E-state index in [4.69, 9.17) is 37.2 Å². The van der Waals surface area contributed by atoms with E-state index in [2.05, 4.69) is 37.1 Å². The molecule has 3 saturated heterocycles. The molecule has 3 fully saturated rings. The molecule has 0 saturated carbocycles. The summed E-state index contributed by atoms with van der Waals surface area (Å²) in [5.41, 5.74) is 1.37. The van der Waals surface area contributed by atoms with Gasteiger partial charge in [0.25, 0.3) is 11.8 Å². The Balaban J connectivity index is 0.000000238. The molecule has 5 amide bonds. The van der Waals surface area contributed by atoms with E-state index in [9.17, 15) is 24.0 Å². The molecule has 3 aliphatic rings. The maximum atomic E-state index is 12.7. The SMILES string of the molecule is CC#CC(=O)N1CCN(C(C)=O)[C@H](c2cc(Cl)nc(-c3cc(C(=O)NC)ncn3)c2)C1.CC(=O)N1CCN(C(=O)OC(C)(C)C)C[C@H]1c1cc(Cl)nc(B2OC(C)(C)C(C)(C)O2)c1. The van der Waals surface area contributed by atoms with Crippen molar-refractivity contribution in [2.75, 3.05) is 46.3 Å². The van der Waals surface area contributed by atoms with Crippen molar-refractivity contribution in [3.63, 3.8) is 0 Å². The molecule has 1 N–H and O–H groups in total. The minimum absolute atomic E-state index is 0.0797. The quantitative estimate of drug-likeness (QED) is 0.215. The van der Waals surface area contributed by atoms with Gasteiger partial charge in [-0.2, -0.15) is 0 Å². The van der Waals surface area contributed by atoms with Crippen LogP contribution in [0.1, 0.15) is 103 Å². The number of hydrogen-bond acceptors (Lipinski definition) is 12. The number of ether oxygens (including phenoxy) is 1. The summed E-state index contributed by atoms with van der Waals surface area (Å²) in [5, 5.41) is 2.98. The van der Waals surface area contributed by atoms with Crippen molar-refractivity contribution in [3.8, 4) is 23.2 Å². The molecule has 0 aliphatic carbocycles. The Morgan fingerprint density at radius 1 is 0.794 bits per heavy atom. The molecule has 0 unspecified atom stereocenters. The molecule has 2 atom stereocenters. The van der Waals surface area contributed by atoms with Gasteiger partial charge in [-0.25, -0.2) is 24.7 Å². The first kappa shape index (κ1) is 48.7. The number of carbonyl (C=O) groups excluding carboxylic acids is 5. The largest absolute Gasteiger partial charge is 0.514 e.